The van der Waals surface area contributed by atoms with E-state index in [2.05, 4.69) is 5.32 Å². The van der Waals surface area contributed by atoms with Gasteiger partial charge < -0.3 is 5.32 Å². The van der Waals surface area contributed by atoms with Crippen LogP contribution in [-0.4, -0.2) is 11.5 Å². The summed E-state index contributed by atoms with van der Waals surface area (Å²) in [6.07, 6.45) is 2.14. The average molecular weight is 227 g/mol. The fourth-order valence-electron chi connectivity index (χ4n) is 1.86. The van der Waals surface area contributed by atoms with Crippen LogP contribution in [0.3, 0.4) is 0 Å². The number of rotatable bonds is 2. The molecule has 1 aromatic rings. The van der Waals surface area contributed by atoms with Gasteiger partial charge >= 0.3 is 0 Å². The zero-order valence-electron chi connectivity index (χ0n) is 8.07. The molecule has 0 radical (unpaired) electrons. The molecule has 80 valence electrons. The number of halogens is 1. The third kappa shape index (κ3) is 2.11. The molecule has 5 heteroatoms. The molecule has 1 N–H and O–H groups in total. The number of nitro groups is 1. The van der Waals surface area contributed by atoms with E-state index in [1.54, 1.807) is 12.1 Å². The fourth-order valence-corrected chi connectivity index (χ4v) is 2.04. The maximum Gasteiger partial charge on any atom is 0.288 e. The molecule has 1 aliphatic heterocycles. The van der Waals surface area contributed by atoms with Crippen molar-refractivity contribution in [2.75, 3.05) is 6.54 Å². The summed E-state index contributed by atoms with van der Waals surface area (Å²) < 4.78 is 0. The fraction of sp³-hybridized carbons (Fsp3) is 0.400. The Hall–Kier alpha value is -1.13. The smallest absolute Gasteiger partial charge is 0.288 e. The molecule has 0 aliphatic carbocycles. The van der Waals surface area contributed by atoms with Gasteiger partial charge in [-0.2, -0.15) is 0 Å². The van der Waals surface area contributed by atoms with Gasteiger partial charge in [0.1, 0.15) is 5.02 Å². The lowest BCUT2D eigenvalue weighted by Gasteiger charge is -2.10. The average Bonchev–Trinajstić information content (AvgIpc) is 2.71. The molecule has 0 aromatic heterocycles. The molecular weight excluding hydrogens is 216 g/mol. The summed E-state index contributed by atoms with van der Waals surface area (Å²) in [4.78, 5) is 10.2. The van der Waals surface area contributed by atoms with Crippen LogP contribution in [0.4, 0.5) is 5.69 Å². The quantitative estimate of drug-likeness (QED) is 0.623. The van der Waals surface area contributed by atoms with E-state index in [1.165, 1.54) is 0 Å². The van der Waals surface area contributed by atoms with Gasteiger partial charge in [0.2, 0.25) is 0 Å². The number of nitrogens with zero attached hydrogens (tertiary/aromatic N) is 1. The first kappa shape index (κ1) is 10.4. The Morgan fingerprint density at radius 1 is 1.53 bits per heavy atom. The van der Waals surface area contributed by atoms with Crippen LogP contribution in [0, 0.1) is 10.1 Å². The Labute approximate surface area is 92.4 Å². The minimum absolute atomic E-state index is 0.0112. The zero-order chi connectivity index (χ0) is 10.8. The van der Waals surface area contributed by atoms with E-state index in [0.717, 1.165) is 24.9 Å². The third-order valence-corrected chi connectivity index (χ3v) is 2.95. The van der Waals surface area contributed by atoms with E-state index in [0.29, 0.717) is 0 Å². The highest BCUT2D eigenvalue weighted by Crippen LogP contribution is 2.30. The topological polar surface area (TPSA) is 55.2 Å². The van der Waals surface area contributed by atoms with E-state index < -0.39 is 4.92 Å². The molecule has 0 saturated carbocycles. The molecule has 1 atom stereocenters. The van der Waals surface area contributed by atoms with Crippen LogP contribution < -0.4 is 5.32 Å². The Morgan fingerprint density at radius 3 is 2.93 bits per heavy atom. The molecule has 1 saturated heterocycles. The highest BCUT2D eigenvalue weighted by molar-refractivity contribution is 6.32. The predicted octanol–water partition coefficient (Wildman–Crippen LogP) is 2.67. The van der Waals surface area contributed by atoms with Gasteiger partial charge in [-0.15, -0.1) is 0 Å². The van der Waals surface area contributed by atoms with E-state index >= 15 is 0 Å². The Morgan fingerprint density at radius 2 is 2.33 bits per heavy atom. The van der Waals surface area contributed by atoms with Crippen LogP contribution in [0.5, 0.6) is 0 Å². The molecule has 1 aromatic carbocycles. The van der Waals surface area contributed by atoms with E-state index in [1.807, 2.05) is 6.07 Å². The lowest BCUT2D eigenvalue weighted by molar-refractivity contribution is -0.384. The largest absolute Gasteiger partial charge is 0.310 e. The normalized spacial score (nSPS) is 20.5. The maximum atomic E-state index is 10.7. The standard InChI is InChI=1S/C10H11ClN2O2/c11-8-4-3-7(6-10(8)13(14)15)9-2-1-5-12-9/h3-4,6,9,12H,1-2,5H2/t9-/m1/s1. The summed E-state index contributed by atoms with van der Waals surface area (Å²) in [7, 11) is 0. The van der Waals surface area contributed by atoms with Crippen LogP contribution in [0.2, 0.25) is 5.02 Å². The molecule has 2 rings (SSSR count). The number of hydrogen-bond donors (Lipinski definition) is 1. The van der Waals surface area contributed by atoms with Crippen molar-refractivity contribution in [3.05, 3.63) is 38.9 Å². The lowest BCUT2D eigenvalue weighted by atomic mass is 10.0. The van der Waals surface area contributed by atoms with E-state index in [4.69, 9.17) is 11.6 Å². The Balaban J connectivity index is 2.33. The van der Waals surface area contributed by atoms with Crippen molar-refractivity contribution in [2.24, 2.45) is 0 Å². The van der Waals surface area contributed by atoms with Crippen LogP contribution in [0.15, 0.2) is 18.2 Å². The predicted molar refractivity (Wildman–Crippen MR) is 58.1 cm³/mol. The van der Waals surface area contributed by atoms with Crippen molar-refractivity contribution in [1.29, 1.82) is 0 Å². The van der Waals surface area contributed by atoms with Gasteiger partial charge in [-0.3, -0.25) is 10.1 Å². The second-order valence-corrected chi connectivity index (χ2v) is 4.02. The summed E-state index contributed by atoms with van der Waals surface area (Å²) in [5.74, 6) is 0. The Bertz CT molecular complexity index is 389. The zero-order valence-corrected chi connectivity index (χ0v) is 8.83. The molecule has 1 heterocycles. The second kappa shape index (κ2) is 4.16. The third-order valence-electron chi connectivity index (χ3n) is 2.63. The van der Waals surface area contributed by atoms with E-state index in [-0.39, 0.29) is 16.8 Å². The van der Waals surface area contributed by atoms with Gasteiger partial charge in [0.25, 0.3) is 5.69 Å². The van der Waals surface area contributed by atoms with Crippen LogP contribution in [0.25, 0.3) is 0 Å². The summed E-state index contributed by atoms with van der Waals surface area (Å²) in [5.41, 5.74) is 0.937. The van der Waals surface area contributed by atoms with Crippen molar-refractivity contribution < 1.29 is 4.92 Å². The molecule has 0 amide bonds. The summed E-state index contributed by atoms with van der Waals surface area (Å²) in [6, 6.07) is 5.24. The van der Waals surface area contributed by atoms with Gasteiger partial charge in [0, 0.05) is 12.1 Å². The number of nitrogens with one attached hydrogen (secondary N) is 1. The molecule has 1 aliphatic rings. The van der Waals surface area contributed by atoms with Crippen molar-refractivity contribution in [3.63, 3.8) is 0 Å². The number of hydrogen-bond acceptors (Lipinski definition) is 3. The van der Waals surface area contributed by atoms with Crippen LogP contribution in [-0.2, 0) is 0 Å². The summed E-state index contributed by atoms with van der Waals surface area (Å²) >= 11 is 5.74. The minimum atomic E-state index is -0.444. The highest BCUT2D eigenvalue weighted by atomic mass is 35.5. The van der Waals surface area contributed by atoms with Crippen molar-refractivity contribution >= 4 is 17.3 Å². The molecular formula is C10H11ClN2O2. The number of benzene rings is 1. The molecule has 1 fully saturated rings. The lowest BCUT2D eigenvalue weighted by Crippen LogP contribution is -2.12. The van der Waals surface area contributed by atoms with Gasteiger partial charge in [-0.25, -0.2) is 0 Å². The van der Waals surface area contributed by atoms with Crippen molar-refractivity contribution in [3.8, 4) is 0 Å². The first-order chi connectivity index (χ1) is 7.18. The Kier molecular flexibility index (Phi) is 2.88. The SMILES string of the molecule is O=[N+]([O-])c1cc([C@H]2CCCN2)ccc1Cl. The number of nitro benzene ring substituents is 1. The van der Waals surface area contributed by atoms with Gasteiger partial charge in [0.05, 0.1) is 4.92 Å². The first-order valence-corrected chi connectivity index (χ1v) is 5.23. The van der Waals surface area contributed by atoms with Gasteiger partial charge in [-0.05, 0) is 31.0 Å². The maximum absolute atomic E-state index is 10.7. The first-order valence-electron chi connectivity index (χ1n) is 4.85. The second-order valence-electron chi connectivity index (χ2n) is 3.62. The van der Waals surface area contributed by atoms with Crippen LogP contribution in [0.1, 0.15) is 24.4 Å². The molecule has 0 spiro atoms. The van der Waals surface area contributed by atoms with E-state index in [9.17, 15) is 10.1 Å². The highest BCUT2D eigenvalue weighted by Gasteiger charge is 2.20. The van der Waals surface area contributed by atoms with Gasteiger partial charge in [0.15, 0.2) is 0 Å². The molecule has 0 unspecified atom stereocenters. The molecule has 15 heavy (non-hydrogen) atoms. The molecule has 0 bridgehead atoms. The minimum Gasteiger partial charge on any atom is -0.310 e. The van der Waals surface area contributed by atoms with Crippen LogP contribution >= 0.6 is 11.6 Å². The monoisotopic (exact) mass is 226 g/mol. The van der Waals surface area contributed by atoms with Gasteiger partial charge in [-0.1, -0.05) is 17.7 Å². The van der Waals surface area contributed by atoms with Crippen molar-refractivity contribution in [2.45, 2.75) is 18.9 Å². The molecule has 4 nitrogen and oxygen atoms in total. The summed E-state index contributed by atoms with van der Waals surface area (Å²) in [6.45, 7) is 0.973. The summed E-state index contributed by atoms with van der Waals surface area (Å²) in [5, 5.41) is 14.2. The van der Waals surface area contributed by atoms with Crippen molar-refractivity contribution in [1.82, 2.24) is 5.32 Å².